The number of rotatable bonds is 5. The minimum Gasteiger partial charge on any atom is -0.384 e. The van der Waals surface area contributed by atoms with E-state index in [1.165, 1.54) is 0 Å². The summed E-state index contributed by atoms with van der Waals surface area (Å²) in [6, 6.07) is 1.67. The van der Waals surface area contributed by atoms with Gasteiger partial charge in [0.15, 0.2) is 0 Å². The maximum Gasteiger partial charge on any atom is 0.224 e. The predicted octanol–water partition coefficient (Wildman–Crippen LogP) is 0.422. The molecule has 0 unspecified atom stereocenters. The second-order valence-corrected chi connectivity index (χ2v) is 3.13. The highest BCUT2D eigenvalue weighted by Gasteiger charge is 1.97. The average Bonchev–Trinajstić information content (AvgIpc) is 2.17. The Morgan fingerprint density at radius 2 is 2.36 bits per heavy atom. The van der Waals surface area contributed by atoms with Gasteiger partial charge in [0, 0.05) is 19.3 Å². The van der Waals surface area contributed by atoms with E-state index in [0.717, 1.165) is 19.6 Å². The van der Waals surface area contributed by atoms with Crippen molar-refractivity contribution in [2.75, 3.05) is 37.7 Å². The van der Waals surface area contributed by atoms with Gasteiger partial charge in [-0.2, -0.15) is 4.98 Å². The number of nitrogens with zero attached hydrogens (tertiary/aromatic N) is 3. The molecule has 1 heterocycles. The fourth-order valence-electron chi connectivity index (χ4n) is 0.975. The number of hydrogen-bond donors (Lipinski definition) is 2. The van der Waals surface area contributed by atoms with Gasteiger partial charge in [-0.05, 0) is 19.7 Å². The molecule has 78 valence electrons. The van der Waals surface area contributed by atoms with Crippen LogP contribution in [0.5, 0.6) is 0 Å². The largest absolute Gasteiger partial charge is 0.384 e. The molecule has 0 aliphatic heterocycles. The van der Waals surface area contributed by atoms with Crippen LogP contribution in [0.25, 0.3) is 0 Å². The Labute approximate surface area is 84.3 Å². The fourth-order valence-corrected chi connectivity index (χ4v) is 0.975. The van der Waals surface area contributed by atoms with Crippen LogP contribution in [-0.2, 0) is 0 Å². The topological polar surface area (TPSA) is 67.1 Å². The van der Waals surface area contributed by atoms with Crippen LogP contribution in [0.2, 0.25) is 0 Å². The smallest absolute Gasteiger partial charge is 0.224 e. The molecule has 0 radical (unpaired) electrons. The lowest BCUT2D eigenvalue weighted by atomic mass is 10.5. The number of nitrogen functional groups attached to an aromatic ring is 1. The van der Waals surface area contributed by atoms with E-state index in [-0.39, 0.29) is 0 Å². The highest BCUT2D eigenvalue weighted by molar-refractivity contribution is 5.34. The van der Waals surface area contributed by atoms with Gasteiger partial charge in [-0.3, -0.25) is 0 Å². The van der Waals surface area contributed by atoms with Gasteiger partial charge in [-0.15, -0.1) is 0 Å². The number of likely N-dealkylation sites (N-methyl/N-ethyl adjacent to an activating group) is 1. The Balaban J connectivity index is 2.31. The molecule has 14 heavy (non-hydrogen) atoms. The molecule has 0 aromatic carbocycles. The predicted molar refractivity (Wildman–Crippen MR) is 58.1 cm³/mol. The van der Waals surface area contributed by atoms with Crippen molar-refractivity contribution in [1.82, 2.24) is 14.9 Å². The maximum atomic E-state index is 5.51. The summed E-state index contributed by atoms with van der Waals surface area (Å²) < 4.78 is 0. The monoisotopic (exact) mass is 195 g/mol. The number of nitrogens with two attached hydrogens (primary N) is 1. The molecule has 0 amide bonds. The van der Waals surface area contributed by atoms with Crippen LogP contribution in [0.1, 0.15) is 6.92 Å². The summed E-state index contributed by atoms with van der Waals surface area (Å²) >= 11 is 0. The van der Waals surface area contributed by atoms with Crippen LogP contribution in [0.15, 0.2) is 12.3 Å². The van der Waals surface area contributed by atoms with E-state index in [2.05, 4.69) is 34.2 Å². The molecule has 0 atom stereocenters. The van der Waals surface area contributed by atoms with E-state index in [1.54, 1.807) is 12.3 Å². The Hall–Kier alpha value is -1.36. The third kappa shape index (κ3) is 3.57. The lowest BCUT2D eigenvalue weighted by Crippen LogP contribution is -2.25. The molecule has 0 fully saturated rings. The Morgan fingerprint density at radius 3 is 3.00 bits per heavy atom. The molecule has 0 spiro atoms. The Kier molecular flexibility index (Phi) is 4.12. The van der Waals surface area contributed by atoms with Crippen molar-refractivity contribution in [3.05, 3.63) is 12.3 Å². The van der Waals surface area contributed by atoms with Crippen molar-refractivity contribution in [1.29, 1.82) is 0 Å². The standard InChI is InChI=1S/C9H17N5/c1-3-14(2)7-6-12-9-11-5-4-8(10)13-9/h4-5H,3,6-7H2,1-2H3,(H3,10,11,12,13). The first-order valence-corrected chi connectivity index (χ1v) is 4.73. The van der Waals surface area contributed by atoms with Gasteiger partial charge in [-0.25, -0.2) is 4.98 Å². The van der Waals surface area contributed by atoms with Gasteiger partial charge < -0.3 is 16.0 Å². The molecule has 0 aliphatic carbocycles. The van der Waals surface area contributed by atoms with Crippen LogP contribution in [0.3, 0.4) is 0 Å². The van der Waals surface area contributed by atoms with Crippen LogP contribution >= 0.6 is 0 Å². The molecule has 1 aromatic rings. The highest BCUT2D eigenvalue weighted by Crippen LogP contribution is 2.00. The van der Waals surface area contributed by atoms with Crippen molar-refractivity contribution in [2.24, 2.45) is 0 Å². The lowest BCUT2D eigenvalue weighted by Gasteiger charge is -2.13. The summed E-state index contributed by atoms with van der Waals surface area (Å²) in [7, 11) is 2.07. The van der Waals surface area contributed by atoms with Gasteiger partial charge in [0.2, 0.25) is 5.95 Å². The van der Waals surface area contributed by atoms with E-state index in [1.807, 2.05) is 0 Å². The zero-order valence-electron chi connectivity index (χ0n) is 8.70. The molecular formula is C9H17N5. The molecule has 5 nitrogen and oxygen atoms in total. The van der Waals surface area contributed by atoms with Crippen LogP contribution in [0, 0.1) is 0 Å². The van der Waals surface area contributed by atoms with Gasteiger partial charge in [-0.1, -0.05) is 6.92 Å². The van der Waals surface area contributed by atoms with Crippen molar-refractivity contribution in [3.8, 4) is 0 Å². The average molecular weight is 195 g/mol. The molecular weight excluding hydrogens is 178 g/mol. The van der Waals surface area contributed by atoms with Crippen molar-refractivity contribution >= 4 is 11.8 Å². The maximum absolute atomic E-state index is 5.51. The summed E-state index contributed by atoms with van der Waals surface area (Å²) in [6.45, 7) is 4.96. The fraction of sp³-hybridized carbons (Fsp3) is 0.556. The quantitative estimate of drug-likeness (QED) is 0.713. The summed E-state index contributed by atoms with van der Waals surface area (Å²) in [5.41, 5.74) is 5.51. The van der Waals surface area contributed by atoms with E-state index >= 15 is 0 Å². The first-order valence-electron chi connectivity index (χ1n) is 4.73. The highest BCUT2D eigenvalue weighted by atomic mass is 15.1. The van der Waals surface area contributed by atoms with Gasteiger partial charge in [0.25, 0.3) is 0 Å². The molecule has 3 N–H and O–H groups in total. The number of nitrogens with one attached hydrogen (secondary N) is 1. The van der Waals surface area contributed by atoms with Crippen LogP contribution < -0.4 is 11.1 Å². The summed E-state index contributed by atoms with van der Waals surface area (Å²) in [5, 5.41) is 3.11. The van der Waals surface area contributed by atoms with E-state index < -0.39 is 0 Å². The van der Waals surface area contributed by atoms with E-state index in [4.69, 9.17) is 5.73 Å². The van der Waals surface area contributed by atoms with E-state index in [0.29, 0.717) is 11.8 Å². The minimum atomic E-state index is 0.492. The van der Waals surface area contributed by atoms with Crippen LogP contribution in [0.4, 0.5) is 11.8 Å². The normalized spacial score (nSPS) is 10.5. The number of aromatic nitrogens is 2. The molecule has 0 bridgehead atoms. The molecule has 0 saturated carbocycles. The zero-order valence-corrected chi connectivity index (χ0v) is 8.70. The van der Waals surface area contributed by atoms with Gasteiger partial charge in [0.1, 0.15) is 5.82 Å². The number of anilines is 2. The van der Waals surface area contributed by atoms with Crippen molar-refractivity contribution in [3.63, 3.8) is 0 Å². The molecule has 0 saturated heterocycles. The van der Waals surface area contributed by atoms with Crippen molar-refractivity contribution < 1.29 is 0 Å². The molecule has 1 rings (SSSR count). The third-order valence-corrected chi connectivity index (χ3v) is 1.99. The molecule has 5 heteroatoms. The zero-order chi connectivity index (χ0) is 10.4. The first kappa shape index (κ1) is 10.7. The second kappa shape index (κ2) is 5.39. The summed E-state index contributed by atoms with van der Waals surface area (Å²) in [6.07, 6.45) is 1.65. The Morgan fingerprint density at radius 1 is 1.57 bits per heavy atom. The van der Waals surface area contributed by atoms with Gasteiger partial charge >= 0.3 is 0 Å². The minimum absolute atomic E-state index is 0.492. The molecule has 0 aliphatic rings. The SMILES string of the molecule is CCN(C)CCNc1nccc(N)n1. The van der Waals surface area contributed by atoms with Crippen molar-refractivity contribution in [2.45, 2.75) is 6.92 Å². The molecule has 1 aromatic heterocycles. The van der Waals surface area contributed by atoms with Crippen LogP contribution in [-0.4, -0.2) is 41.5 Å². The Bertz CT molecular complexity index is 276. The number of hydrogen-bond acceptors (Lipinski definition) is 5. The first-order chi connectivity index (χ1) is 6.72. The van der Waals surface area contributed by atoms with E-state index in [9.17, 15) is 0 Å². The summed E-state index contributed by atoms with van der Waals surface area (Å²) in [4.78, 5) is 10.3. The lowest BCUT2D eigenvalue weighted by molar-refractivity contribution is 0.367. The summed E-state index contributed by atoms with van der Waals surface area (Å²) in [5.74, 6) is 1.08. The third-order valence-electron chi connectivity index (χ3n) is 1.99. The van der Waals surface area contributed by atoms with Gasteiger partial charge in [0.05, 0.1) is 0 Å². The second-order valence-electron chi connectivity index (χ2n) is 3.13.